The lowest BCUT2D eigenvalue weighted by atomic mass is 9.88. The number of fused-ring (bicyclic) bond motifs is 1. The first-order valence-corrected chi connectivity index (χ1v) is 9.93. The maximum absolute atomic E-state index is 12.7. The van der Waals surface area contributed by atoms with Crippen molar-refractivity contribution in [1.82, 2.24) is 14.9 Å². The summed E-state index contributed by atoms with van der Waals surface area (Å²) in [4.78, 5) is 12.7. The summed E-state index contributed by atoms with van der Waals surface area (Å²) in [5.41, 5.74) is 3.16. The molecule has 0 saturated carbocycles. The lowest BCUT2D eigenvalue weighted by Gasteiger charge is -2.16. The molecule has 6 nitrogen and oxygen atoms in total. The predicted molar refractivity (Wildman–Crippen MR) is 108 cm³/mol. The molecule has 4 rings (SSSR count). The Hall–Kier alpha value is -2.31. The summed E-state index contributed by atoms with van der Waals surface area (Å²) in [5.74, 6) is 1.53. The van der Waals surface area contributed by atoms with Crippen LogP contribution in [0.4, 0.5) is 5.82 Å². The smallest absolute Gasteiger partial charge is 0.279 e. The van der Waals surface area contributed by atoms with Crippen LogP contribution in [0.1, 0.15) is 46.4 Å². The molecule has 2 heterocycles. The van der Waals surface area contributed by atoms with Gasteiger partial charge in [-0.25, -0.2) is 0 Å². The molecule has 2 aromatic heterocycles. The van der Waals surface area contributed by atoms with Gasteiger partial charge in [0.1, 0.15) is 5.76 Å². The Labute approximate surface area is 172 Å². The second kappa shape index (κ2) is 7.60. The number of halogens is 2. The number of hydrogen-bond donors (Lipinski definition) is 1. The zero-order chi connectivity index (χ0) is 19.8. The highest BCUT2D eigenvalue weighted by Gasteiger charge is 2.27. The zero-order valence-electron chi connectivity index (χ0n) is 15.6. The number of nitrogens with zero attached hydrogens (tertiary/aromatic N) is 3. The highest BCUT2D eigenvalue weighted by molar-refractivity contribution is 6.42. The third kappa shape index (κ3) is 3.80. The topological polar surface area (TPSA) is 73.0 Å². The first-order chi connectivity index (χ1) is 13.4. The van der Waals surface area contributed by atoms with Crippen molar-refractivity contribution in [3.05, 3.63) is 62.6 Å². The Morgan fingerprint density at radius 1 is 1.32 bits per heavy atom. The van der Waals surface area contributed by atoms with Crippen LogP contribution in [0.5, 0.6) is 0 Å². The molecular weight excluding hydrogens is 399 g/mol. The second-order valence-electron chi connectivity index (χ2n) is 7.31. The van der Waals surface area contributed by atoms with E-state index in [2.05, 4.69) is 22.5 Å². The molecule has 146 valence electrons. The number of rotatable bonds is 4. The Morgan fingerprint density at radius 2 is 2.14 bits per heavy atom. The van der Waals surface area contributed by atoms with Gasteiger partial charge in [-0.15, -0.1) is 0 Å². The Balaban J connectivity index is 1.50. The van der Waals surface area contributed by atoms with Crippen LogP contribution in [-0.4, -0.2) is 20.8 Å². The van der Waals surface area contributed by atoms with Crippen LogP contribution in [-0.2, 0) is 19.4 Å². The van der Waals surface area contributed by atoms with Gasteiger partial charge >= 0.3 is 0 Å². The fourth-order valence-electron chi connectivity index (χ4n) is 3.47. The molecule has 0 saturated heterocycles. The van der Waals surface area contributed by atoms with Crippen LogP contribution < -0.4 is 5.32 Å². The van der Waals surface area contributed by atoms with E-state index >= 15 is 0 Å². The Morgan fingerprint density at radius 3 is 2.93 bits per heavy atom. The molecule has 8 heteroatoms. The number of anilines is 1. The monoisotopic (exact) mass is 418 g/mol. The van der Waals surface area contributed by atoms with Crippen molar-refractivity contribution < 1.29 is 9.32 Å². The van der Waals surface area contributed by atoms with Crippen molar-refractivity contribution in [2.24, 2.45) is 5.92 Å². The summed E-state index contributed by atoms with van der Waals surface area (Å²) >= 11 is 12.1. The molecule has 1 amide bonds. The largest absolute Gasteiger partial charge is 0.360 e. The van der Waals surface area contributed by atoms with Crippen molar-refractivity contribution in [3.8, 4) is 0 Å². The molecule has 1 aromatic carbocycles. The maximum Gasteiger partial charge on any atom is 0.279 e. The third-order valence-electron chi connectivity index (χ3n) is 5.04. The fraction of sp³-hybridized carbons (Fsp3) is 0.350. The SMILES string of the molecule is Cc1cc(NC(=O)c2noc3c2CC(C)CC3)nn1Cc1ccc(Cl)c(Cl)c1. The molecule has 28 heavy (non-hydrogen) atoms. The van der Waals surface area contributed by atoms with Gasteiger partial charge in [0.15, 0.2) is 11.5 Å². The average Bonchev–Trinajstić information content (AvgIpc) is 3.21. The van der Waals surface area contributed by atoms with Gasteiger partial charge in [-0.05, 0) is 43.4 Å². The van der Waals surface area contributed by atoms with Crippen LogP contribution in [0.25, 0.3) is 0 Å². The number of amides is 1. The average molecular weight is 419 g/mol. The number of aromatic nitrogens is 3. The highest BCUT2D eigenvalue weighted by atomic mass is 35.5. The maximum atomic E-state index is 12.7. The lowest BCUT2D eigenvalue weighted by Crippen LogP contribution is -2.18. The summed E-state index contributed by atoms with van der Waals surface area (Å²) in [5, 5.41) is 12.3. The first-order valence-electron chi connectivity index (χ1n) is 9.18. The van der Waals surface area contributed by atoms with E-state index in [0.717, 1.165) is 41.8 Å². The molecule has 0 radical (unpaired) electrons. The minimum Gasteiger partial charge on any atom is -0.360 e. The molecule has 1 aliphatic carbocycles. The van der Waals surface area contributed by atoms with Gasteiger partial charge in [-0.1, -0.05) is 41.3 Å². The van der Waals surface area contributed by atoms with E-state index in [1.54, 1.807) is 10.7 Å². The van der Waals surface area contributed by atoms with Gasteiger partial charge in [0.2, 0.25) is 0 Å². The van der Waals surface area contributed by atoms with E-state index < -0.39 is 0 Å². The minimum absolute atomic E-state index is 0.293. The Kier molecular flexibility index (Phi) is 5.17. The summed E-state index contributed by atoms with van der Waals surface area (Å²) < 4.78 is 7.16. The van der Waals surface area contributed by atoms with E-state index in [4.69, 9.17) is 27.7 Å². The molecule has 0 bridgehead atoms. The van der Waals surface area contributed by atoms with Crippen molar-refractivity contribution >= 4 is 34.9 Å². The molecule has 0 aliphatic heterocycles. The van der Waals surface area contributed by atoms with Crippen LogP contribution >= 0.6 is 23.2 Å². The van der Waals surface area contributed by atoms with Crippen LogP contribution in [0, 0.1) is 12.8 Å². The van der Waals surface area contributed by atoms with Crippen molar-refractivity contribution in [2.45, 2.75) is 39.7 Å². The van der Waals surface area contributed by atoms with Gasteiger partial charge in [-0.3, -0.25) is 9.48 Å². The molecule has 1 aliphatic rings. The number of nitrogens with one attached hydrogen (secondary N) is 1. The number of aryl methyl sites for hydroxylation is 2. The van der Waals surface area contributed by atoms with Crippen LogP contribution in [0.2, 0.25) is 10.0 Å². The fourth-order valence-corrected chi connectivity index (χ4v) is 3.79. The molecular formula is C20H20Cl2N4O2. The third-order valence-corrected chi connectivity index (χ3v) is 5.78. The van der Waals surface area contributed by atoms with Gasteiger partial charge in [0, 0.05) is 23.7 Å². The van der Waals surface area contributed by atoms with E-state index in [-0.39, 0.29) is 5.91 Å². The van der Waals surface area contributed by atoms with E-state index in [9.17, 15) is 4.79 Å². The molecule has 0 fully saturated rings. The van der Waals surface area contributed by atoms with Crippen molar-refractivity contribution in [1.29, 1.82) is 0 Å². The lowest BCUT2D eigenvalue weighted by molar-refractivity contribution is 0.101. The first kappa shape index (κ1) is 19.0. The summed E-state index contributed by atoms with van der Waals surface area (Å²) in [6.45, 7) is 4.63. The minimum atomic E-state index is -0.293. The highest BCUT2D eigenvalue weighted by Crippen LogP contribution is 2.28. The van der Waals surface area contributed by atoms with Gasteiger partial charge in [0.25, 0.3) is 5.91 Å². The quantitative estimate of drug-likeness (QED) is 0.652. The van der Waals surface area contributed by atoms with Gasteiger partial charge in [0.05, 0.1) is 16.6 Å². The molecule has 1 unspecified atom stereocenters. The van der Waals surface area contributed by atoms with Crippen molar-refractivity contribution in [2.75, 3.05) is 5.32 Å². The van der Waals surface area contributed by atoms with Crippen LogP contribution in [0.15, 0.2) is 28.8 Å². The number of hydrogen-bond acceptors (Lipinski definition) is 4. The van der Waals surface area contributed by atoms with E-state index in [1.807, 2.05) is 25.1 Å². The summed E-state index contributed by atoms with van der Waals surface area (Å²) in [7, 11) is 0. The standard InChI is InChI=1S/C20H20Cl2N4O2/c1-11-3-6-17-14(7-11)19(25-28-17)20(27)23-18-8-12(2)26(24-18)10-13-4-5-15(21)16(22)9-13/h4-5,8-9,11H,3,6-7,10H2,1-2H3,(H,23,24,27). The van der Waals surface area contributed by atoms with Crippen molar-refractivity contribution in [3.63, 3.8) is 0 Å². The van der Waals surface area contributed by atoms with Gasteiger partial charge < -0.3 is 9.84 Å². The van der Waals surface area contributed by atoms with Gasteiger partial charge in [-0.2, -0.15) is 5.10 Å². The zero-order valence-corrected chi connectivity index (χ0v) is 17.1. The number of benzene rings is 1. The molecule has 0 spiro atoms. The predicted octanol–water partition coefficient (Wildman–Crippen LogP) is 4.91. The van der Waals surface area contributed by atoms with E-state index in [0.29, 0.717) is 34.0 Å². The summed E-state index contributed by atoms with van der Waals surface area (Å²) in [6, 6.07) is 7.29. The number of carbonyl (C=O) groups is 1. The Bertz CT molecular complexity index is 1040. The number of carbonyl (C=O) groups excluding carboxylic acids is 1. The second-order valence-corrected chi connectivity index (χ2v) is 8.13. The van der Waals surface area contributed by atoms with E-state index in [1.165, 1.54) is 0 Å². The molecule has 3 aromatic rings. The molecule has 1 atom stereocenters. The van der Waals surface area contributed by atoms with Crippen LogP contribution in [0.3, 0.4) is 0 Å². The molecule has 1 N–H and O–H groups in total. The summed E-state index contributed by atoms with van der Waals surface area (Å²) in [6.07, 6.45) is 2.70. The normalized spacial score (nSPS) is 16.1.